The minimum atomic E-state index is 0. The zero-order chi connectivity index (χ0) is 12.5. The van der Waals surface area contributed by atoms with Gasteiger partial charge in [0.2, 0.25) is 0 Å². The first-order valence-corrected chi connectivity index (χ1v) is 6.31. The van der Waals surface area contributed by atoms with Gasteiger partial charge in [-0.1, -0.05) is 36.8 Å². The molecule has 3 heteroatoms. The van der Waals surface area contributed by atoms with Gasteiger partial charge in [0.05, 0.1) is 6.61 Å². The van der Waals surface area contributed by atoms with Crippen molar-refractivity contribution in [1.29, 1.82) is 0 Å². The molecule has 0 radical (unpaired) electrons. The van der Waals surface area contributed by atoms with E-state index in [2.05, 4.69) is 38.1 Å². The van der Waals surface area contributed by atoms with E-state index in [1.54, 1.807) is 0 Å². The fourth-order valence-electron chi connectivity index (χ4n) is 1.88. The van der Waals surface area contributed by atoms with Crippen molar-refractivity contribution in [2.24, 2.45) is 0 Å². The Bertz CT molecular complexity index is 290. The quantitative estimate of drug-likeness (QED) is 0.365. The molecule has 1 aromatic rings. The summed E-state index contributed by atoms with van der Waals surface area (Å²) >= 11 is 0. The summed E-state index contributed by atoms with van der Waals surface area (Å²) in [7, 11) is 4.25. The first kappa shape index (κ1) is 17.7. The molecule has 96 valence electrons. The Kier molecular flexibility index (Phi) is 10.5. The molecule has 1 rings (SSSR count). The van der Waals surface area contributed by atoms with Gasteiger partial charge in [-0.25, -0.2) is 0 Å². The number of benzene rings is 1. The van der Waals surface area contributed by atoms with E-state index >= 15 is 0 Å². The molecule has 0 aliphatic carbocycles. The molecule has 0 aliphatic rings. The molecule has 0 amide bonds. The van der Waals surface area contributed by atoms with E-state index in [4.69, 9.17) is 4.74 Å². The van der Waals surface area contributed by atoms with Gasteiger partial charge < -0.3 is 16.6 Å². The maximum atomic E-state index is 5.70. The number of rotatable bonds is 8. The fraction of sp³-hybridized carbons (Fsp3) is 0.533. The molecule has 1 aromatic carbocycles. The number of nitrogens with zero attached hydrogens (tertiary/aromatic N) is 1. The van der Waals surface area contributed by atoms with Gasteiger partial charge in [0, 0.05) is 12.6 Å². The molecule has 18 heavy (non-hydrogen) atoms. The molecule has 0 saturated carbocycles. The van der Waals surface area contributed by atoms with Crippen molar-refractivity contribution in [2.45, 2.75) is 31.9 Å². The molecule has 0 aromatic heterocycles. The number of hydrogen-bond acceptors (Lipinski definition) is 2. The maximum absolute atomic E-state index is 5.70. The zero-order valence-electron chi connectivity index (χ0n) is 12.1. The maximum Gasteiger partial charge on any atom is 1.00 e. The van der Waals surface area contributed by atoms with Crippen LogP contribution in [0.3, 0.4) is 0 Å². The monoisotopic (exact) mass is 241 g/mol. The van der Waals surface area contributed by atoms with Gasteiger partial charge in [-0.15, -0.1) is 0 Å². The van der Waals surface area contributed by atoms with E-state index in [0.717, 1.165) is 25.9 Å². The van der Waals surface area contributed by atoms with Crippen molar-refractivity contribution in [3.63, 3.8) is 0 Å². The zero-order valence-corrected chi connectivity index (χ0v) is 12.1. The molecule has 0 bridgehead atoms. The Labute approximate surface area is 124 Å². The predicted molar refractivity (Wildman–Crippen MR) is 72.8 cm³/mol. The summed E-state index contributed by atoms with van der Waals surface area (Å²) in [5.74, 6) is 0. The molecule has 0 spiro atoms. The van der Waals surface area contributed by atoms with Gasteiger partial charge in [-0.05, 0) is 26.1 Å². The van der Waals surface area contributed by atoms with Crippen LogP contribution in [0.2, 0.25) is 0 Å². The molecule has 0 fully saturated rings. The Hall–Kier alpha value is -0.263. The van der Waals surface area contributed by atoms with Crippen molar-refractivity contribution in [1.82, 2.24) is 4.90 Å². The van der Waals surface area contributed by atoms with Crippen LogP contribution in [0, 0.1) is 6.92 Å². The molecule has 1 atom stereocenters. The van der Waals surface area contributed by atoms with Crippen LogP contribution < -0.4 is 18.9 Å². The normalized spacial score (nSPS) is 12.2. The van der Waals surface area contributed by atoms with E-state index in [1.807, 2.05) is 18.2 Å². The minimum Gasteiger partial charge on any atom is -0.377 e. The van der Waals surface area contributed by atoms with E-state index < -0.39 is 0 Å². The van der Waals surface area contributed by atoms with E-state index in [9.17, 15) is 0 Å². The van der Waals surface area contributed by atoms with Gasteiger partial charge in [0.1, 0.15) is 0 Å². The predicted octanol–water partition coefficient (Wildman–Crippen LogP) is 0.142. The van der Waals surface area contributed by atoms with Crippen LogP contribution in [0.4, 0.5) is 0 Å². The molecule has 2 nitrogen and oxygen atoms in total. The Morgan fingerprint density at radius 1 is 1.17 bits per heavy atom. The second kappa shape index (κ2) is 10.6. The second-order valence-electron chi connectivity index (χ2n) is 4.59. The largest absolute Gasteiger partial charge is 1.00 e. The van der Waals surface area contributed by atoms with Crippen molar-refractivity contribution in [3.05, 3.63) is 42.8 Å². The van der Waals surface area contributed by atoms with Crippen LogP contribution in [0.15, 0.2) is 30.3 Å². The molecule has 0 saturated heterocycles. The van der Waals surface area contributed by atoms with Crippen LogP contribution in [-0.4, -0.2) is 31.6 Å². The second-order valence-corrected chi connectivity index (χ2v) is 4.59. The third-order valence-corrected chi connectivity index (χ3v) is 2.97. The molecule has 0 N–H and O–H groups in total. The van der Waals surface area contributed by atoms with Gasteiger partial charge >= 0.3 is 18.9 Å². The summed E-state index contributed by atoms with van der Waals surface area (Å²) in [5.41, 5.74) is 1.24. The first-order valence-electron chi connectivity index (χ1n) is 6.31. The van der Waals surface area contributed by atoms with Crippen LogP contribution in [0.5, 0.6) is 0 Å². The summed E-state index contributed by atoms with van der Waals surface area (Å²) in [4.78, 5) is 2.26. The van der Waals surface area contributed by atoms with E-state index in [1.165, 1.54) is 5.56 Å². The standard InChI is InChI=1S/C15H24NO.Li/c1-4-8-15(16(2)3)11-12-17-13-14-9-6-5-7-10-14;/h5-7,9-10,15H,1,4,8,11-13H2,2-3H3;/q-1;+1. The topological polar surface area (TPSA) is 12.5 Å². The van der Waals surface area contributed by atoms with Gasteiger partial charge in [0.25, 0.3) is 0 Å². The van der Waals surface area contributed by atoms with Crippen LogP contribution in [0.1, 0.15) is 24.8 Å². The third-order valence-electron chi connectivity index (χ3n) is 2.97. The summed E-state index contributed by atoms with van der Waals surface area (Å²) in [6.45, 7) is 5.45. The Morgan fingerprint density at radius 3 is 2.39 bits per heavy atom. The SMILES string of the molecule is [CH2-]CCC(CCOCc1ccccc1)N(C)C.[Li+]. The molecule has 1 unspecified atom stereocenters. The number of ether oxygens (including phenoxy) is 1. The van der Waals surface area contributed by atoms with Crippen molar-refractivity contribution in [3.8, 4) is 0 Å². The van der Waals surface area contributed by atoms with Crippen molar-refractivity contribution < 1.29 is 23.6 Å². The van der Waals surface area contributed by atoms with Gasteiger partial charge in [0.15, 0.2) is 0 Å². The molecule has 0 heterocycles. The third kappa shape index (κ3) is 7.23. The van der Waals surface area contributed by atoms with Crippen LogP contribution in [-0.2, 0) is 11.3 Å². The van der Waals surface area contributed by atoms with Crippen molar-refractivity contribution >= 4 is 0 Å². The molecule has 0 aliphatic heterocycles. The van der Waals surface area contributed by atoms with Crippen LogP contribution >= 0.6 is 0 Å². The minimum absolute atomic E-state index is 0. The summed E-state index contributed by atoms with van der Waals surface area (Å²) in [6, 6.07) is 10.9. The van der Waals surface area contributed by atoms with E-state index in [0.29, 0.717) is 12.6 Å². The van der Waals surface area contributed by atoms with Gasteiger partial charge in [-0.3, -0.25) is 0 Å². The molecular formula is C15H24LiNO. The smallest absolute Gasteiger partial charge is 0.377 e. The average Bonchev–Trinajstić information content (AvgIpc) is 2.34. The Balaban J connectivity index is 0.00000289. The van der Waals surface area contributed by atoms with E-state index in [-0.39, 0.29) is 18.9 Å². The summed E-state index contributed by atoms with van der Waals surface area (Å²) in [6.07, 6.45) is 3.21. The Morgan fingerprint density at radius 2 is 1.83 bits per heavy atom. The van der Waals surface area contributed by atoms with Crippen molar-refractivity contribution in [2.75, 3.05) is 20.7 Å². The average molecular weight is 241 g/mol. The fourth-order valence-corrected chi connectivity index (χ4v) is 1.88. The summed E-state index contributed by atoms with van der Waals surface area (Å²) < 4.78 is 5.70. The number of hydrogen-bond donors (Lipinski definition) is 0. The van der Waals surface area contributed by atoms with Crippen LogP contribution in [0.25, 0.3) is 0 Å². The van der Waals surface area contributed by atoms with Gasteiger partial charge in [-0.2, -0.15) is 6.42 Å². The first-order chi connectivity index (χ1) is 8.24. The molecular weight excluding hydrogens is 217 g/mol. The summed E-state index contributed by atoms with van der Waals surface area (Å²) in [5, 5.41) is 0.